The molecule has 2 aromatic heterocycles. The number of hydrogen-bond acceptors (Lipinski definition) is 5. The van der Waals surface area contributed by atoms with Gasteiger partial charge in [-0.3, -0.25) is 0 Å². The number of nitrogens with one attached hydrogen (secondary N) is 1. The first kappa shape index (κ1) is 20.3. The van der Waals surface area contributed by atoms with Gasteiger partial charge in [0.2, 0.25) is 10.0 Å². The maximum Gasteiger partial charge on any atom is 0.416 e. The normalized spacial score (nSPS) is 14.0. The summed E-state index contributed by atoms with van der Waals surface area (Å²) in [6.07, 6.45) is -4.48. The zero-order valence-electron chi connectivity index (χ0n) is 15.6. The lowest BCUT2D eigenvalue weighted by molar-refractivity contribution is -0.137. The number of benzene rings is 1. The molecule has 7 nitrogen and oxygen atoms in total. The van der Waals surface area contributed by atoms with Crippen molar-refractivity contribution < 1.29 is 26.1 Å². The highest BCUT2D eigenvalue weighted by Crippen LogP contribution is 2.32. The van der Waals surface area contributed by atoms with Crippen LogP contribution in [0, 0.1) is 13.8 Å². The highest BCUT2D eigenvalue weighted by atomic mass is 32.2. The third kappa shape index (κ3) is 3.51. The molecule has 0 amide bonds. The minimum absolute atomic E-state index is 0.0575. The third-order valence-corrected chi connectivity index (χ3v) is 6.16. The van der Waals surface area contributed by atoms with Crippen molar-refractivity contribution >= 4 is 21.1 Å². The minimum Gasteiger partial charge on any atom is -0.360 e. The van der Waals surface area contributed by atoms with Crippen LogP contribution in [0.5, 0.6) is 0 Å². The Labute approximate surface area is 159 Å². The van der Waals surface area contributed by atoms with Crippen LogP contribution in [0.1, 0.15) is 42.7 Å². The molecular formula is C17H19F3N4O3S. The highest BCUT2D eigenvalue weighted by molar-refractivity contribution is 7.89. The first-order valence-electron chi connectivity index (χ1n) is 8.48. The van der Waals surface area contributed by atoms with Gasteiger partial charge < -0.3 is 9.09 Å². The molecule has 0 fully saturated rings. The van der Waals surface area contributed by atoms with Crippen molar-refractivity contribution in [1.29, 1.82) is 0 Å². The fourth-order valence-electron chi connectivity index (χ4n) is 3.18. The maximum absolute atomic E-state index is 13.0. The first-order valence-corrected chi connectivity index (χ1v) is 9.96. The van der Waals surface area contributed by atoms with Gasteiger partial charge >= 0.3 is 6.18 Å². The Morgan fingerprint density at radius 2 is 1.96 bits per heavy atom. The fourth-order valence-corrected chi connectivity index (χ4v) is 4.71. The molecule has 1 N–H and O–H groups in total. The molecule has 0 saturated heterocycles. The van der Waals surface area contributed by atoms with Gasteiger partial charge in [0.15, 0.2) is 5.76 Å². The summed E-state index contributed by atoms with van der Waals surface area (Å²) in [6, 6.07) is 2.46. The summed E-state index contributed by atoms with van der Waals surface area (Å²) in [5.74, 6) is 0.461. The number of rotatable bonds is 5. The first-order chi connectivity index (χ1) is 13.0. The molecule has 0 aliphatic carbocycles. The zero-order valence-corrected chi connectivity index (χ0v) is 16.4. The lowest BCUT2D eigenvalue weighted by atomic mass is 10.2. The number of nitrogens with zero attached hydrogens (tertiary/aromatic N) is 3. The van der Waals surface area contributed by atoms with Gasteiger partial charge in [-0.1, -0.05) is 5.16 Å². The van der Waals surface area contributed by atoms with Crippen LogP contribution in [0.2, 0.25) is 0 Å². The van der Waals surface area contributed by atoms with Crippen LogP contribution in [0.3, 0.4) is 0 Å². The molecule has 3 rings (SSSR count). The number of fused-ring (bicyclic) bond motifs is 1. The summed E-state index contributed by atoms with van der Waals surface area (Å²) in [6.45, 7) is 6.65. The average molecular weight is 416 g/mol. The molecule has 1 aromatic carbocycles. The fraction of sp³-hybridized carbons (Fsp3) is 0.412. The Kier molecular flexibility index (Phi) is 5.00. The van der Waals surface area contributed by atoms with Gasteiger partial charge in [-0.15, -0.1) is 0 Å². The van der Waals surface area contributed by atoms with E-state index in [9.17, 15) is 21.6 Å². The molecule has 0 spiro atoms. The number of sulfonamides is 1. The molecular weight excluding hydrogens is 397 g/mol. The Morgan fingerprint density at radius 3 is 2.50 bits per heavy atom. The van der Waals surface area contributed by atoms with Gasteiger partial charge in [0, 0.05) is 6.54 Å². The van der Waals surface area contributed by atoms with Gasteiger partial charge in [0.1, 0.15) is 16.4 Å². The summed E-state index contributed by atoms with van der Waals surface area (Å²) in [5.41, 5.74) is 0.0741. The number of halogens is 3. The predicted molar refractivity (Wildman–Crippen MR) is 95.1 cm³/mol. The SMILES string of the molecule is CCn1c(C(C)NS(=O)(=O)c2c(C)noc2C)nc2ccc(C(F)(F)F)cc21. The predicted octanol–water partition coefficient (Wildman–Crippen LogP) is 3.72. The van der Waals surface area contributed by atoms with E-state index in [2.05, 4.69) is 14.9 Å². The molecule has 1 atom stereocenters. The van der Waals surface area contributed by atoms with Gasteiger partial charge in [0.05, 0.1) is 22.6 Å². The Morgan fingerprint density at radius 1 is 1.29 bits per heavy atom. The van der Waals surface area contributed by atoms with Crippen LogP contribution in [0.25, 0.3) is 11.0 Å². The molecule has 3 aromatic rings. The Balaban J connectivity index is 2.03. The number of aryl methyl sites for hydroxylation is 3. The molecule has 0 aliphatic rings. The summed E-state index contributed by atoms with van der Waals surface area (Å²) >= 11 is 0. The molecule has 28 heavy (non-hydrogen) atoms. The third-order valence-electron chi connectivity index (χ3n) is 4.38. The largest absolute Gasteiger partial charge is 0.416 e. The van der Waals surface area contributed by atoms with Crippen molar-refractivity contribution in [3.8, 4) is 0 Å². The van der Waals surface area contributed by atoms with Crippen LogP contribution >= 0.6 is 0 Å². The standard InChI is InChI=1S/C17H19F3N4O3S/c1-5-24-14-8-12(17(18,19)20)6-7-13(14)21-16(24)10(3)23-28(25,26)15-9(2)22-27-11(15)4/h6-8,10,23H,5H2,1-4H3. The van der Waals surface area contributed by atoms with E-state index in [0.29, 0.717) is 17.9 Å². The zero-order chi connectivity index (χ0) is 20.9. The number of imidazole rings is 1. The molecule has 2 heterocycles. The second-order valence-electron chi connectivity index (χ2n) is 6.41. The van der Waals surface area contributed by atoms with E-state index >= 15 is 0 Å². The second kappa shape index (κ2) is 6.89. The number of aromatic nitrogens is 3. The van der Waals surface area contributed by atoms with Crippen molar-refractivity contribution in [1.82, 2.24) is 19.4 Å². The van der Waals surface area contributed by atoms with Crippen molar-refractivity contribution in [2.24, 2.45) is 0 Å². The van der Waals surface area contributed by atoms with Gasteiger partial charge in [-0.05, 0) is 45.9 Å². The van der Waals surface area contributed by atoms with Crippen LogP contribution in [-0.4, -0.2) is 23.1 Å². The second-order valence-corrected chi connectivity index (χ2v) is 8.06. The Hall–Kier alpha value is -2.40. The van der Waals surface area contributed by atoms with E-state index < -0.39 is 27.8 Å². The average Bonchev–Trinajstić information content (AvgIpc) is 3.12. The van der Waals surface area contributed by atoms with Crippen molar-refractivity contribution in [3.63, 3.8) is 0 Å². The summed E-state index contributed by atoms with van der Waals surface area (Å²) in [5, 5.41) is 3.64. The van der Waals surface area contributed by atoms with Crippen molar-refractivity contribution in [2.45, 2.75) is 51.4 Å². The number of hydrogen-bond donors (Lipinski definition) is 1. The van der Waals surface area contributed by atoms with E-state index in [0.717, 1.165) is 12.1 Å². The quantitative estimate of drug-likeness (QED) is 0.685. The van der Waals surface area contributed by atoms with Crippen LogP contribution in [0.4, 0.5) is 13.2 Å². The highest BCUT2D eigenvalue weighted by Gasteiger charge is 2.32. The molecule has 1 unspecified atom stereocenters. The molecule has 0 bridgehead atoms. The monoisotopic (exact) mass is 416 g/mol. The van der Waals surface area contributed by atoms with E-state index in [4.69, 9.17) is 4.52 Å². The van der Waals surface area contributed by atoms with E-state index in [1.165, 1.54) is 19.9 Å². The van der Waals surface area contributed by atoms with Crippen molar-refractivity contribution in [3.05, 3.63) is 41.0 Å². The van der Waals surface area contributed by atoms with Crippen LogP contribution in [-0.2, 0) is 22.7 Å². The molecule has 11 heteroatoms. The Bertz CT molecular complexity index is 1110. The van der Waals surface area contributed by atoms with Gasteiger partial charge in [0.25, 0.3) is 0 Å². The summed E-state index contributed by atoms with van der Waals surface area (Å²) in [4.78, 5) is 4.29. The summed E-state index contributed by atoms with van der Waals surface area (Å²) < 4.78 is 73.5. The van der Waals surface area contributed by atoms with Gasteiger partial charge in [-0.2, -0.15) is 13.2 Å². The topological polar surface area (TPSA) is 90.0 Å². The molecule has 0 radical (unpaired) electrons. The van der Waals surface area contributed by atoms with E-state index in [1.807, 2.05) is 0 Å². The van der Waals surface area contributed by atoms with Crippen molar-refractivity contribution in [2.75, 3.05) is 0 Å². The van der Waals surface area contributed by atoms with Crippen LogP contribution in [0.15, 0.2) is 27.6 Å². The van der Waals surface area contributed by atoms with E-state index in [1.54, 1.807) is 18.4 Å². The molecule has 0 saturated carbocycles. The van der Waals surface area contributed by atoms with Gasteiger partial charge in [-0.25, -0.2) is 18.1 Å². The number of alkyl halides is 3. The molecule has 0 aliphatic heterocycles. The smallest absolute Gasteiger partial charge is 0.360 e. The summed E-state index contributed by atoms with van der Waals surface area (Å²) in [7, 11) is -3.96. The minimum atomic E-state index is -4.48. The lowest BCUT2D eigenvalue weighted by Crippen LogP contribution is -2.29. The van der Waals surface area contributed by atoms with Crippen LogP contribution < -0.4 is 4.72 Å². The lowest BCUT2D eigenvalue weighted by Gasteiger charge is -2.15. The molecule has 152 valence electrons. The van der Waals surface area contributed by atoms with E-state index in [-0.39, 0.29) is 21.9 Å². The maximum atomic E-state index is 13.0.